The fourth-order valence-corrected chi connectivity index (χ4v) is 2.59. The van der Waals surface area contributed by atoms with E-state index in [2.05, 4.69) is 5.32 Å². The number of nitro groups is 1. The average Bonchev–Trinajstić information content (AvgIpc) is 2.62. The van der Waals surface area contributed by atoms with Crippen molar-refractivity contribution in [2.24, 2.45) is 0 Å². The molecule has 0 fully saturated rings. The van der Waals surface area contributed by atoms with Gasteiger partial charge in [-0.1, -0.05) is 12.1 Å². The average molecular weight is 359 g/mol. The number of non-ortho nitro benzene ring substituents is 1. The van der Waals surface area contributed by atoms with Crippen LogP contribution in [0.25, 0.3) is 0 Å². The fourth-order valence-electron chi connectivity index (χ4n) is 2.31. The Balaban J connectivity index is 2.05. The number of thiocarbonyl (C=S) groups is 1. The molecule has 25 heavy (non-hydrogen) atoms. The second-order valence-electron chi connectivity index (χ2n) is 5.53. The number of nitrogens with one attached hydrogen (secondary N) is 1. The Hall–Kier alpha value is -2.67. The zero-order chi connectivity index (χ0) is 18.4. The van der Waals surface area contributed by atoms with Gasteiger partial charge in [-0.3, -0.25) is 10.1 Å². The van der Waals surface area contributed by atoms with Gasteiger partial charge in [0.05, 0.1) is 17.6 Å². The number of benzene rings is 2. The molecule has 2 rings (SSSR count). The molecule has 0 saturated heterocycles. The first-order valence-corrected chi connectivity index (χ1v) is 8.34. The van der Waals surface area contributed by atoms with E-state index in [0.29, 0.717) is 11.7 Å². The fraction of sp³-hybridized carbons (Fsp3) is 0.278. The smallest absolute Gasteiger partial charge is 0.269 e. The molecule has 1 N–H and O–H groups in total. The summed E-state index contributed by atoms with van der Waals surface area (Å²) in [6.45, 7) is 4.51. The lowest BCUT2D eigenvalue weighted by Gasteiger charge is -2.28. The molecular formula is C18H21N3O3S. The Kier molecular flexibility index (Phi) is 6.30. The van der Waals surface area contributed by atoms with Gasteiger partial charge in [-0.2, -0.15) is 0 Å². The van der Waals surface area contributed by atoms with Crippen molar-refractivity contribution < 1.29 is 9.66 Å². The van der Waals surface area contributed by atoms with E-state index in [-0.39, 0.29) is 11.7 Å². The zero-order valence-electron chi connectivity index (χ0n) is 14.4. The highest BCUT2D eigenvalue weighted by atomic mass is 32.1. The number of nitrogens with zero attached hydrogens (tertiary/aromatic N) is 2. The van der Waals surface area contributed by atoms with Gasteiger partial charge in [0.15, 0.2) is 5.11 Å². The molecule has 0 bridgehead atoms. The largest absolute Gasteiger partial charge is 0.494 e. The molecule has 6 nitrogen and oxygen atoms in total. The van der Waals surface area contributed by atoms with Gasteiger partial charge in [0, 0.05) is 24.9 Å². The summed E-state index contributed by atoms with van der Waals surface area (Å²) in [6, 6.07) is 14.0. The first-order chi connectivity index (χ1) is 11.9. The second kappa shape index (κ2) is 8.43. The molecule has 0 saturated carbocycles. The molecule has 2 aromatic carbocycles. The molecule has 0 aliphatic heterocycles. The summed E-state index contributed by atoms with van der Waals surface area (Å²) in [6.07, 6.45) is 0. The van der Waals surface area contributed by atoms with Crippen molar-refractivity contribution in [1.82, 2.24) is 4.90 Å². The molecule has 7 heteroatoms. The molecule has 0 unspecified atom stereocenters. The minimum Gasteiger partial charge on any atom is -0.494 e. The van der Waals surface area contributed by atoms with Crippen molar-refractivity contribution >= 4 is 28.7 Å². The van der Waals surface area contributed by atoms with E-state index in [4.69, 9.17) is 17.0 Å². The molecule has 0 amide bonds. The second-order valence-corrected chi connectivity index (χ2v) is 5.91. The Morgan fingerprint density at radius 3 is 2.60 bits per heavy atom. The van der Waals surface area contributed by atoms with E-state index in [9.17, 15) is 10.1 Å². The maximum atomic E-state index is 10.9. The highest BCUT2D eigenvalue weighted by Gasteiger charge is 2.17. The van der Waals surface area contributed by atoms with Crippen LogP contribution in [-0.2, 0) is 0 Å². The van der Waals surface area contributed by atoms with Gasteiger partial charge >= 0.3 is 0 Å². The number of ether oxygens (including phenoxy) is 1. The van der Waals surface area contributed by atoms with Crippen molar-refractivity contribution in [3.8, 4) is 5.75 Å². The molecule has 0 heterocycles. The van der Waals surface area contributed by atoms with Crippen LogP contribution >= 0.6 is 12.2 Å². The summed E-state index contributed by atoms with van der Waals surface area (Å²) in [5, 5.41) is 14.6. The quantitative estimate of drug-likeness (QED) is 0.469. The SMILES string of the molecule is CCOc1ccc(NC(=S)N(C)[C@@H](C)c2cccc([N+](=O)[O-])c2)cc1. The molecule has 0 aliphatic rings. The zero-order valence-corrected chi connectivity index (χ0v) is 15.2. The summed E-state index contributed by atoms with van der Waals surface area (Å²) in [4.78, 5) is 12.4. The molecule has 1 atom stereocenters. The molecule has 0 spiro atoms. The van der Waals surface area contributed by atoms with E-state index >= 15 is 0 Å². The van der Waals surface area contributed by atoms with Gasteiger partial charge in [-0.15, -0.1) is 0 Å². The molecule has 0 aromatic heterocycles. The lowest BCUT2D eigenvalue weighted by molar-refractivity contribution is -0.384. The van der Waals surface area contributed by atoms with Gasteiger partial charge in [0.25, 0.3) is 5.69 Å². The van der Waals surface area contributed by atoms with Gasteiger partial charge in [0.2, 0.25) is 0 Å². The normalized spacial score (nSPS) is 11.5. The Bertz CT molecular complexity index is 749. The van der Waals surface area contributed by atoms with Gasteiger partial charge in [-0.25, -0.2) is 0 Å². The van der Waals surface area contributed by atoms with Crippen LogP contribution in [0, 0.1) is 10.1 Å². The molecule has 2 aromatic rings. The number of hydrogen-bond acceptors (Lipinski definition) is 4. The Labute approximate surface area is 152 Å². The summed E-state index contributed by atoms with van der Waals surface area (Å²) in [7, 11) is 1.85. The molecule has 0 radical (unpaired) electrons. The third-order valence-electron chi connectivity index (χ3n) is 3.88. The number of nitro benzene ring substituents is 1. The van der Waals surface area contributed by atoms with E-state index in [1.54, 1.807) is 12.1 Å². The summed E-state index contributed by atoms with van der Waals surface area (Å²) in [5.74, 6) is 0.803. The van der Waals surface area contributed by atoms with Crippen LogP contribution in [-0.4, -0.2) is 28.6 Å². The van der Waals surface area contributed by atoms with Crippen LogP contribution in [0.3, 0.4) is 0 Å². The van der Waals surface area contributed by atoms with Gasteiger partial charge in [-0.05, 0) is 55.9 Å². The summed E-state index contributed by atoms with van der Waals surface area (Å²) < 4.78 is 5.41. The van der Waals surface area contributed by atoms with Crippen LogP contribution in [0.1, 0.15) is 25.5 Å². The number of rotatable bonds is 6. The highest BCUT2D eigenvalue weighted by molar-refractivity contribution is 7.80. The highest BCUT2D eigenvalue weighted by Crippen LogP contribution is 2.24. The van der Waals surface area contributed by atoms with Crippen LogP contribution in [0.4, 0.5) is 11.4 Å². The van der Waals surface area contributed by atoms with Crippen LogP contribution in [0.15, 0.2) is 48.5 Å². The van der Waals surface area contributed by atoms with E-state index in [1.807, 2.05) is 56.1 Å². The minimum absolute atomic E-state index is 0.0724. The van der Waals surface area contributed by atoms with Crippen molar-refractivity contribution in [1.29, 1.82) is 0 Å². The summed E-state index contributed by atoms with van der Waals surface area (Å²) >= 11 is 5.45. The first-order valence-electron chi connectivity index (χ1n) is 7.93. The topological polar surface area (TPSA) is 67.6 Å². The maximum Gasteiger partial charge on any atom is 0.269 e. The van der Waals surface area contributed by atoms with Crippen LogP contribution in [0.5, 0.6) is 5.75 Å². The van der Waals surface area contributed by atoms with Crippen molar-refractivity contribution in [2.45, 2.75) is 19.9 Å². The predicted octanol–water partition coefficient (Wildman–Crippen LogP) is 4.38. The van der Waals surface area contributed by atoms with Crippen LogP contribution < -0.4 is 10.1 Å². The van der Waals surface area contributed by atoms with E-state index in [1.165, 1.54) is 6.07 Å². The summed E-state index contributed by atoms with van der Waals surface area (Å²) in [5.41, 5.74) is 1.75. The standard InChI is InChI=1S/C18H21N3O3S/c1-4-24-17-10-8-15(9-11-17)19-18(25)20(3)13(2)14-6-5-7-16(12-14)21(22)23/h5-13H,4H2,1-3H3,(H,19,25)/t13-/m0/s1. The monoisotopic (exact) mass is 359 g/mol. The maximum absolute atomic E-state index is 10.9. The van der Waals surface area contributed by atoms with Gasteiger partial charge in [0.1, 0.15) is 5.75 Å². The van der Waals surface area contributed by atoms with E-state index < -0.39 is 4.92 Å². The van der Waals surface area contributed by atoms with Crippen molar-refractivity contribution in [3.05, 3.63) is 64.2 Å². The lowest BCUT2D eigenvalue weighted by Crippen LogP contribution is -2.33. The molecular weight excluding hydrogens is 338 g/mol. The number of hydrogen-bond donors (Lipinski definition) is 1. The first kappa shape index (κ1) is 18.7. The van der Waals surface area contributed by atoms with E-state index in [0.717, 1.165) is 17.0 Å². The van der Waals surface area contributed by atoms with Gasteiger partial charge < -0.3 is 15.0 Å². The van der Waals surface area contributed by atoms with Crippen molar-refractivity contribution in [3.63, 3.8) is 0 Å². The predicted molar refractivity (Wildman–Crippen MR) is 103 cm³/mol. The van der Waals surface area contributed by atoms with Crippen LogP contribution in [0.2, 0.25) is 0 Å². The molecule has 0 aliphatic carbocycles. The minimum atomic E-state index is -0.396. The van der Waals surface area contributed by atoms with Crippen molar-refractivity contribution in [2.75, 3.05) is 19.0 Å². The Morgan fingerprint density at radius 2 is 2.00 bits per heavy atom. The number of anilines is 1. The Morgan fingerprint density at radius 1 is 1.32 bits per heavy atom. The molecule has 132 valence electrons. The lowest BCUT2D eigenvalue weighted by atomic mass is 10.1. The third-order valence-corrected chi connectivity index (χ3v) is 4.27. The third kappa shape index (κ3) is 4.90.